The van der Waals surface area contributed by atoms with Gasteiger partial charge in [0.1, 0.15) is 5.82 Å². The van der Waals surface area contributed by atoms with Gasteiger partial charge in [-0.15, -0.1) is 0 Å². The molecule has 116 valence electrons. The molecule has 0 atom stereocenters. The van der Waals surface area contributed by atoms with Gasteiger partial charge in [-0.2, -0.15) is 0 Å². The lowest BCUT2D eigenvalue weighted by molar-refractivity contribution is -0.139. The van der Waals surface area contributed by atoms with E-state index in [1.807, 2.05) is 36.4 Å². The minimum absolute atomic E-state index is 0.117. The van der Waals surface area contributed by atoms with Gasteiger partial charge < -0.3 is 10.5 Å². The molecule has 0 aromatic heterocycles. The van der Waals surface area contributed by atoms with Crippen LogP contribution in [0.1, 0.15) is 23.1 Å². The van der Waals surface area contributed by atoms with Crippen LogP contribution < -0.4 is 5.73 Å². The van der Waals surface area contributed by atoms with Gasteiger partial charge in [0, 0.05) is 5.69 Å². The van der Waals surface area contributed by atoms with E-state index in [0.717, 1.165) is 27.8 Å². The molecule has 3 rings (SSSR count). The van der Waals surface area contributed by atoms with Crippen molar-refractivity contribution in [3.63, 3.8) is 0 Å². The van der Waals surface area contributed by atoms with Crippen molar-refractivity contribution in [2.45, 2.75) is 6.42 Å². The number of nitrogen functional groups attached to an aromatic ring is 1. The Balaban J connectivity index is 2.04. The van der Waals surface area contributed by atoms with Crippen LogP contribution in [0.5, 0.6) is 0 Å². The Morgan fingerprint density at radius 1 is 1.17 bits per heavy atom. The average Bonchev–Trinajstić information content (AvgIpc) is 2.86. The highest BCUT2D eigenvalue weighted by molar-refractivity contribution is 6.04. The number of hydrogen-bond donors (Lipinski definition) is 1. The molecule has 2 aromatic rings. The highest BCUT2D eigenvalue weighted by atomic mass is 19.1. The topological polar surface area (TPSA) is 52.3 Å². The third-order valence-electron chi connectivity index (χ3n) is 3.79. The zero-order valence-corrected chi connectivity index (χ0v) is 12.7. The van der Waals surface area contributed by atoms with Crippen LogP contribution in [0.4, 0.5) is 10.1 Å². The minimum atomic E-state index is -0.347. The van der Waals surface area contributed by atoms with Gasteiger partial charge in [-0.3, -0.25) is 4.79 Å². The fourth-order valence-corrected chi connectivity index (χ4v) is 2.64. The van der Waals surface area contributed by atoms with Gasteiger partial charge >= 0.3 is 5.97 Å². The van der Waals surface area contributed by atoms with Crippen molar-refractivity contribution in [3.05, 3.63) is 71.0 Å². The molecule has 4 heteroatoms. The number of carbonyl (C=O) groups excluding carboxylic acids is 1. The van der Waals surface area contributed by atoms with Crippen molar-refractivity contribution >= 4 is 28.9 Å². The van der Waals surface area contributed by atoms with E-state index < -0.39 is 0 Å². The summed E-state index contributed by atoms with van der Waals surface area (Å²) in [5.74, 6) is -0.673. The summed E-state index contributed by atoms with van der Waals surface area (Å²) in [6.45, 7) is 0. The normalized spacial score (nSPS) is 14.5. The molecule has 0 aliphatic heterocycles. The summed E-state index contributed by atoms with van der Waals surface area (Å²) in [5.41, 5.74) is 10.7. The molecule has 2 aromatic carbocycles. The first-order valence-electron chi connectivity index (χ1n) is 7.22. The van der Waals surface area contributed by atoms with E-state index in [4.69, 9.17) is 10.5 Å². The number of benzene rings is 2. The second kappa shape index (κ2) is 6.08. The molecule has 23 heavy (non-hydrogen) atoms. The summed E-state index contributed by atoms with van der Waals surface area (Å²) in [4.78, 5) is 11.6. The Hall–Kier alpha value is -2.88. The summed E-state index contributed by atoms with van der Waals surface area (Å²) in [5, 5.41) is 0. The van der Waals surface area contributed by atoms with E-state index in [-0.39, 0.29) is 18.2 Å². The fraction of sp³-hybridized carbons (Fsp3) is 0.105. The molecule has 2 N–H and O–H groups in total. The van der Waals surface area contributed by atoms with Gasteiger partial charge in [0.05, 0.1) is 13.5 Å². The van der Waals surface area contributed by atoms with E-state index in [2.05, 4.69) is 0 Å². The SMILES string of the molecule is COC(=O)CC1=C/C(=C/c2ccc(N)cc2)c2ccc(F)cc21. The molecule has 0 radical (unpaired) electrons. The van der Waals surface area contributed by atoms with Crippen molar-refractivity contribution in [3.8, 4) is 0 Å². The van der Waals surface area contributed by atoms with E-state index in [1.54, 1.807) is 6.07 Å². The van der Waals surface area contributed by atoms with Crippen LogP contribution >= 0.6 is 0 Å². The minimum Gasteiger partial charge on any atom is -0.469 e. The molecule has 0 fully saturated rings. The lowest BCUT2D eigenvalue weighted by Crippen LogP contribution is -2.00. The van der Waals surface area contributed by atoms with Crippen molar-refractivity contribution in [2.75, 3.05) is 12.8 Å². The maximum Gasteiger partial charge on any atom is 0.310 e. The zero-order valence-electron chi connectivity index (χ0n) is 12.7. The first kappa shape index (κ1) is 15.0. The van der Waals surface area contributed by atoms with Gasteiger partial charge in [0.25, 0.3) is 0 Å². The summed E-state index contributed by atoms with van der Waals surface area (Å²) < 4.78 is 18.3. The summed E-state index contributed by atoms with van der Waals surface area (Å²) in [6, 6.07) is 12.1. The first-order chi connectivity index (χ1) is 11.1. The predicted octanol–water partition coefficient (Wildman–Crippen LogP) is 3.91. The monoisotopic (exact) mass is 309 g/mol. The number of nitrogens with two attached hydrogens (primary N) is 1. The standard InChI is InChI=1S/C19H16FNO2/c1-23-19(22)10-14-9-13(8-12-2-5-16(21)6-3-12)17-7-4-15(20)11-18(14)17/h2-9,11H,10,21H2,1H3/b13-8-. The highest BCUT2D eigenvalue weighted by Crippen LogP contribution is 2.38. The zero-order chi connectivity index (χ0) is 16.4. The van der Waals surface area contributed by atoms with Crippen LogP contribution in [0.2, 0.25) is 0 Å². The first-order valence-corrected chi connectivity index (χ1v) is 7.22. The molecule has 1 aliphatic carbocycles. The van der Waals surface area contributed by atoms with Crippen LogP contribution in [0.25, 0.3) is 17.2 Å². The third-order valence-corrected chi connectivity index (χ3v) is 3.79. The molecule has 0 saturated carbocycles. The second-order valence-corrected chi connectivity index (χ2v) is 5.38. The predicted molar refractivity (Wildman–Crippen MR) is 89.7 cm³/mol. The Bertz CT molecular complexity index is 820. The maximum absolute atomic E-state index is 13.6. The Kier molecular flexibility index (Phi) is 3.98. The average molecular weight is 309 g/mol. The quantitative estimate of drug-likeness (QED) is 0.691. The van der Waals surface area contributed by atoms with E-state index >= 15 is 0 Å². The number of halogens is 1. The molecule has 0 amide bonds. The van der Waals surface area contributed by atoms with Crippen molar-refractivity contribution in [2.24, 2.45) is 0 Å². The number of methoxy groups -OCH3 is 1. The van der Waals surface area contributed by atoms with Crippen LogP contribution in [0.15, 0.2) is 48.5 Å². The van der Waals surface area contributed by atoms with Crippen LogP contribution in [0, 0.1) is 5.82 Å². The summed E-state index contributed by atoms with van der Waals surface area (Å²) in [7, 11) is 1.34. The molecule has 0 heterocycles. The summed E-state index contributed by atoms with van der Waals surface area (Å²) in [6.07, 6.45) is 4.00. The number of allylic oxidation sites excluding steroid dienone is 2. The molecular formula is C19H16FNO2. The summed E-state index contributed by atoms with van der Waals surface area (Å²) >= 11 is 0. The number of fused-ring (bicyclic) bond motifs is 1. The molecule has 0 bridgehead atoms. The molecular weight excluding hydrogens is 293 g/mol. The molecule has 3 nitrogen and oxygen atoms in total. The molecule has 0 saturated heterocycles. The van der Waals surface area contributed by atoms with E-state index in [0.29, 0.717) is 5.69 Å². The van der Waals surface area contributed by atoms with Crippen LogP contribution in [-0.4, -0.2) is 13.1 Å². The Morgan fingerprint density at radius 2 is 1.91 bits per heavy atom. The number of ether oxygens (including phenoxy) is 1. The number of rotatable bonds is 3. The lowest BCUT2D eigenvalue weighted by Gasteiger charge is -2.05. The van der Waals surface area contributed by atoms with E-state index in [1.165, 1.54) is 19.2 Å². The Morgan fingerprint density at radius 3 is 2.61 bits per heavy atom. The van der Waals surface area contributed by atoms with E-state index in [9.17, 15) is 9.18 Å². The van der Waals surface area contributed by atoms with Crippen molar-refractivity contribution in [1.82, 2.24) is 0 Å². The van der Waals surface area contributed by atoms with Gasteiger partial charge in [-0.05, 0) is 64.3 Å². The number of anilines is 1. The van der Waals surface area contributed by atoms with Crippen LogP contribution in [0.3, 0.4) is 0 Å². The Labute approximate surface area is 133 Å². The third kappa shape index (κ3) is 3.16. The number of hydrogen-bond acceptors (Lipinski definition) is 3. The van der Waals surface area contributed by atoms with Gasteiger partial charge in [0.15, 0.2) is 0 Å². The van der Waals surface area contributed by atoms with Crippen LogP contribution in [-0.2, 0) is 9.53 Å². The number of esters is 1. The van der Waals surface area contributed by atoms with Gasteiger partial charge in [-0.25, -0.2) is 4.39 Å². The molecule has 0 spiro atoms. The van der Waals surface area contributed by atoms with Gasteiger partial charge in [-0.1, -0.05) is 18.2 Å². The van der Waals surface area contributed by atoms with Crippen molar-refractivity contribution < 1.29 is 13.9 Å². The fourth-order valence-electron chi connectivity index (χ4n) is 2.64. The van der Waals surface area contributed by atoms with Crippen molar-refractivity contribution in [1.29, 1.82) is 0 Å². The maximum atomic E-state index is 13.6. The smallest absolute Gasteiger partial charge is 0.310 e. The molecule has 1 aliphatic rings. The number of carbonyl (C=O) groups is 1. The highest BCUT2D eigenvalue weighted by Gasteiger charge is 2.21. The van der Waals surface area contributed by atoms with Gasteiger partial charge in [0.2, 0.25) is 0 Å². The lowest BCUT2D eigenvalue weighted by atomic mass is 10.0. The molecule has 0 unspecified atom stereocenters. The largest absolute Gasteiger partial charge is 0.469 e. The second-order valence-electron chi connectivity index (χ2n) is 5.38.